The zero-order chi connectivity index (χ0) is 13.0. The Balaban J connectivity index is 2.36. The van der Waals surface area contributed by atoms with Gasteiger partial charge in [0.25, 0.3) is 5.91 Å². The quantitative estimate of drug-likeness (QED) is 0.481. The third-order valence-electron chi connectivity index (χ3n) is 2.72. The van der Waals surface area contributed by atoms with Crippen molar-refractivity contribution in [3.63, 3.8) is 0 Å². The van der Waals surface area contributed by atoms with E-state index in [2.05, 4.69) is 11.9 Å². The van der Waals surface area contributed by atoms with Crippen LogP contribution in [0.4, 0.5) is 0 Å². The third kappa shape index (κ3) is 2.41. The van der Waals surface area contributed by atoms with E-state index in [-0.39, 0.29) is 12.5 Å². The predicted octanol–water partition coefficient (Wildman–Crippen LogP) is 1.17. The molecule has 0 aliphatic rings. The second kappa shape index (κ2) is 5.46. The number of pyridine rings is 1. The summed E-state index contributed by atoms with van der Waals surface area (Å²) in [6, 6.07) is 7.66. The van der Waals surface area contributed by atoms with Gasteiger partial charge in [0.2, 0.25) is 0 Å². The Kier molecular flexibility index (Phi) is 3.74. The van der Waals surface area contributed by atoms with Gasteiger partial charge in [-0.25, -0.2) is 5.84 Å². The van der Waals surface area contributed by atoms with Crippen molar-refractivity contribution in [2.24, 2.45) is 5.84 Å². The fraction of sp³-hybridized carbons (Fsp3) is 0.231. The summed E-state index contributed by atoms with van der Waals surface area (Å²) in [5.41, 5.74) is 4.09. The van der Waals surface area contributed by atoms with Gasteiger partial charge < -0.3 is 4.74 Å². The molecule has 5 heteroatoms. The number of hydrogen-bond donors (Lipinski definition) is 2. The summed E-state index contributed by atoms with van der Waals surface area (Å²) in [6.45, 7) is 1.97. The van der Waals surface area contributed by atoms with Gasteiger partial charge in [0.15, 0.2) is 6.61 Å². The van der Waals surface area contributed by atoms with E-state index in [1.807, 2.05) is 23.6 Å². The number of aryl methyl sites for hydroxylation is 1. The number of hydrazine groups is 1. The van der Waals surface area contributed by atoms with Crippen molar-refractivity contribution < 1.29 is 9.53 Å². The number of hydrogen-bond acceptors (Lipinski definition) is 4. The molecule has 0 radical (unpaired) electrons. The number of ether oxygens (including phenoxy) is 1. The third-order valence-corrected chi connectivity index (χ3v) is 2.72. The second-order valence-electron chi connectivity index (χ2n) is 3.83. The molecule has 0 unspecified atom stereocenters. The summed E-state index contributed by atoms with van der Waals surface area (Å²) >= 11 is 0. The van der Waals surface area contributed by atoms with Crippen molar-refractivity contribution in [3.05, 3.63) is 36.0 Å². The maximum atomic E-state index is 11.1. The summed E-state index contributed by atoms with van der Waals surface area (Å²) in [5.74, 6) is 5.27. The highest BCUT2D eigenvalue weighted by atomic mass is 16.5. The van der Waals surface area contributed by atoms with Crippen molar-refractivity contribution in [1.29, 1.82) is 0 Å². The van der Waals surface area contributed by atoms with E-state index in [0.29, 0.717) is 5.75 Å². The largest absolute Gasteiger partial charge is 0.483 e. The summed E-state index contributed by atoms with van der Waals surface area (Å²) in [5, 5.41) is 0.904. The molecule has 0 atom stereocenters. The van der Waals surface area contributed by atoms with E-state index >= 15 is 0 Å². The first kappa shape index (κ1) is 12.3. The first-order chi connectivity index (χ1) is 8.76. The van der Waals surface area contributed by atoms with Gasteiger partial charge in [-0.15, -0.1) is 0 Å². The smallest absolute Gasteiger partial charge is 0.271 e. The van der Waals surface area contributed by atoms with Gasteiger partial charge in [-0.3, -0.25) is 15.2 Å². The molecule has 18 heavy (non-hydrogen) atoms. The molecule has 0 saturated heterocycles. The van der Waals surface area contributed by atoms with E-state index in [1.54, 1.807) is 12.3 Å². The Morgan fingerprint density at radius 2 is 2.28 bits per heavy atom. The molecular weight excluding hydrogens is 230 g/mol. The van der Waals surface area contributed by atoms with Gasteiger partial charge in [0, 0.05) is 11.6 Å². The topological polar surface area (TPSA) is 77.2 Å². The van der Waals surface area contributed by atoms with E-state index in [0.717, 1.165) is 22.9 Å². The van der Waals surface area contributed by atoms with Crippen molar-refractivity contribution in [3.8, 4) is 5.75 Å². The molecule has 1 aromatic heterocycles. The van der Waals surface area contributed by atoms with E-state index in [4.69, 9.17) is 10.6 Å². The van der Waals surface area contributed by atoms with Crippen LogP contribution in [0.15, 0.2) is 30.5 Å². The number of rotatable bonds is 4. The molecule has 0 aliphatic carbocycles. The van der Waals surface area contributed by atoms with Crippen LogP contribution in [-0.4, -0.2) is 17.5 Å². The lowest BCUT2D eigenvalue weighted by molar-refractivity contribution is -0.123. The van der Waals surface area contributed by atoms with Gasteiger partial charge in [-0.2, -0.15) is 0 Å². The van der Waals surface area contributed by atoms with Gasteiger partial charge >= 0.3 is 0 Å². The minimum Gasteiger partial charge on any atom is -0.483 e. The van der Waals surface area contributed by atoms with Crippen LogP contribution in [0.2, 0.25) is 0 Å². The number of fused-ring (bicyclic) bond motifs is 1. The second-order valence-corrected chi connectivity index (χ2v) is 3.83. The van der Waals surface area contributed by atoms with Crippen LogP contribution >= 0.6 is 0 Å². The molecule has 1 heterocycles. The average molecular weight is 245 g/mol. The summed E-state index contributed by atoms with van der Waals surface area (Å²) in [7, 11) is 0. The first-order valence-electron chi connectivity index (χ1n) is 5.75. The number of para-hydroxylation sites is 1. The summed E-state index contributed by atoms with van der Waals surface area (Å²) in [4.78, 5) is 15.4. The molecule has 0 aliphatic heterocycles. The maximum absolute atomic E-state index is 11.1. The molecular formula is C13H15N3O2. The minimum absolute atomic E-state index is 0.105. The average Bonchev–Trinajstić information content (AvgIpc) is 2.43. The number of aromatic nitrogens is 1. The predicted molar refractivity (Wildman–Crippen MR) is 68.9 cm³/mol. The van der Waals surface area contributed by atoms with E-state index < -0.39 is 0 Å². The number of nitrogens with two attached hydrogens (primary N) is 1. The highest BCUT2D eigenvalue weighted by Gasteiger charge is 2.07. The molecule has 2 rings (SSSR count). The highest BCUT2D eigenvalue weighted by Crippen LogP contribution is 2.26. The standard InChI is InChI=1S/C13H15N3O2/c1-2-9-4-3-5-10-11(6-7-15-13(9)10)18-8-12(17)16-14/h3-7H,2,8,14H2,1H3,(H,16,17). The normalized spacial score (nSPS) is 10.3. The van der Waals surface area contributed by atoms with Gasteiger partial charge in [0.05, 0.1) is 5.52 Å². The zero-order valence-electron chi connectivity index (χ0n) is 10.1. The van der Waals surface area contributed by atoms with Gasteiger partial charge in [0.1, 0.15) is 5.75 Å². The molecule has 0 fully saturated rings. The molecule has 0 bridgehead atoms. The molecule has 5 nitrogen and oxygen atoms in total. The summed E-state index contributed by atoms with van der Waals surface area (Å²) in [6.07, 6.45) is 2.58. The fourth-order valence-corrected chi connectivity index (χ4v) is 1.81. The molecule has 94 valence electrons. The Morgan fingerprint density at radius 1 is 1.44 bits per heavy atom. The maximum Gasteiger partial charge on any atom is 0.271 e. The zero-order valence-corrected chi connectivity index (χ0v) is 10.1. The molecule has 2 aromatic rings. The highest BCUT2D eigenvalue weighted by molar-refractivity contribution is 5.88. The van der Waals surface area contributed by atoms with Crippen LogP contribution in [0, 0.1) is 0 Å². The van der Waals surface area contributed by atoms with E-state index in [1.165, 1.54) is 0 Å². The molecule has 3 N–H and O–H groups in total. The van der Waals surface area contributed by atoms with Crippen LogP contribution in [0.1, 0.15) is 12.5 Å². The molecule has 1 aromatic carbocycles. The first-order valence-corrected chi connectivity index (χ1v) is 5.75. The Hall–Kier alpha value is -2.14. The van der Waals surface area contributed by atoms with Gasteiger partial charge in [-0.05, 0) is 24.1 Å². The van der Waals surface area contributed by atoms with E-state index in [9.17, 15) is 4.79 Å². The van der Waals surface area contributed by atoms with Crippen molar-refractivity contribution in [2.75, 3.05) is 6.61 Å². The number of nitrogens with zero attached hydrogens (tertiary/aromatic N) is 1. The number of benzene rings is 1. The monoisotopic (exact) mass is 245 g/mol. The molecule has 1 amide bonds. The lowest BCUT2D eigenvalue weighted by atomic mass is 10.1. The van der Waals surface area contributed by atoms with Gasteiger partial charge in [-0.1, -0.05) is 19.1 Å². The summed E-state index contributed by atoms with van der Waals surface area (Å²) < 4.78 is 5.44. The lowest BCUT2D eigenvalue weighted by Gasteiger charge is -2.09. The Labute approximate surface area is 105 Å². The number of carbonyl (C=O) groups is 1. The van der Waals surface area contributed by atoms with Crippen LogP contribution in [-0.2, 0) is 11.2 Å². The number of carbonyl (C=O) groups excluding carboxylic acids is 1. The van der Waals surface area contributed by atoms with Crippen molar-refractivity contribution >= 4 is 16.8 Å². The van der Waals surface area contributed by atoms with Crippen LogP contribution in [0.5, 0.6) is 5.75 Å². The van der Waals surface area contributed by atoms with Crippen molar-refractivity contribution in [1.82, 2.24) is 10.4 Å². The minimum atomic E-state index is -0.369. The Morgan fingerprint density at radius 3 is 3.00 bits per heavy atom. The fourth-order valence-electron chi connectivity index (χ4n) is 1.81. The molecule has 0 spiro atoms. The van der Waals surface area contributed by atoms with Crippen LogP contribution in [0.3, 0.4) is 0 Å². The lowest BCUT2D eigenvalue weighted by Crippen LogP contribution is -2.34. The number of amides is 1. The van der Waals surface area contributed by atoms with Crippen LogP contribution < -0.4 is 16.0 Å². The SMILES string of the molecule is CCc1cccc2c(OCC(=O)NN)ccnc12. The Bertz CT molecular complexity index is 569. The van der Waals surface area contributed by atoms with Crippen LogP contribution in [0.25, 0.3) is 10.9 Å². The molecule has 0 saturated carbocycles. The van der Waals surface area contributed by atoms with Crippen molar-refractivity contribution in [2.45, 2.75) is 13.3 Å². The number of nitrogens with one attached hydrogen (secondary N) is 1.